The molecule has 2 rings (SSSR count). The van der Waals surface area contributed by atoms with Crippen LogP contribution in [0.3, 0.4) is 0 Å². The average molecular weight is 377 g/mol. The van der Waals surface area contributed by atoms with Crippen molar-refractivity contribution in [2.24, 2.45) is 10.7 Å². The summed E-state index contributed by atoms with van der Waals surface area (Å²) in [7, 11) is 0. The Morgan fingerprint density at radius 1 is 1.63 bits per heavy atom. The lowest BCUT2D eigenvalue weighted by atomic mass is 9.94. The fraction of sp³-hybridized carbons (Fsp3) is 0.692. The Morgan fingerprint density at radius 2 is 2.37 bits per heavy atom. The largest absolute Gasteiger partial charge is 0.370 e. The van der Waals surface area contributed by atoms with Gasteiger partial charge in [0.05, 0.1) is 5.69 Å². The molecule has 1 aliphatic carbocycles. The molecule has 6 heteroatoms. The molecule has 0 bridgehead atoms. The van der Waals surface area contributed by atoms with Gasteiger partial charge in [-0.2, -0.15) is 5.10 Å². The van der Waals surface area contributed by atoms with E-state index in [1.807, 2.05) is 6.92 Å². The third-order valence-corrected chi connectivity index (χ3v) is 3.31. The first-order chi connectivity index (χ1) is 8.60. The molecule has 0 aliphatic heterocycles. The Morgan fingerprint density at radius 3 is 3.00 bits per heavy atom. The number of fused-ring (bicyclic) bond motifs is 1. The Balaban J connectivity index is 0.00000180. The molecule has 0 saturated carbocycles. The van der Waals surface area contributed by atoms with Gasteiger partial charge in [-0.15, -0.1) is 24.0 Å². The molecular formula is C13H24IN5. The summed E-state index contributed by atoms with van der Waals surface area (Å²) in [6, 6.07) is 0.789. The maximum absolute atomic E-state index is 5.80. The average Bonchev–Trinajstić information content (AvgIpc) is 2.72. The van der Waals surface area contributed by atoms with Crippen molar-refractivity contribution in [3.8, 4) is 0 Å². The molecule has 1 aliphatic rings. The first-order valence-corrected chi connectivity index (χ1v) is 6.73. The van der Waals surface area contributed by atoms with Crippen LogP contribution in [-0.4, -0.2) is 28.3 Å². The first kappa shape index (κ1) is 16.3. The Hall–Kier alpha value is -0.790. The van der Waals surface area contributed by atoms with E-state index in [1.165, 1.54) is 11.3 Å². The Bertz CT molecular complexity index is 438. The first-order valence-electron chi connectivity index (χ1n) is 6.73. The van der Waals surface area contributed by atoms with E-state index in [9.17, 15) is 0 Å². The van der Waals surface area contributed by atoms with Gasteiger partial charge in [-0.1, -0.05) is 0 Å². The van der Waals surface area contributed by atoms with Gasteiger partial charge in [-0.05, 0) is 39.2 Å². The van der Waals surface area contributed by atoms with Crippen LogP contribution in [0.1, 0.15) is 44.5 Å². The molecule has 0 fully saturated rings. The normalized spacial score (nSPS) is 18.9. The van der Waals surface area contributed by atoms with E-state index in [0.29, 0.717) is 18.0 Å². The van der Waals surface area contributed by atoms with E-state index < -0.39 is 0 Å². The van der Waals surface area contributed by atoms with Crippen LogP contribution in [0.2, 0.25) is 0 Å². The molecule has 1 heterocycles. The number of aliphatic imine (C=N–C) groups is 1. The SMILES string of the molecule is CCN=C(N)NC1CCc2cn(C(C)C)nc2C1.I. The molecule has 3 N–H and O–H groups in total. The van der Waals surface area contributed by atoms with Crippen LogP contribution in [0.5, 0.6) is 0 Å². The predicted octanol–water partition coefficient (Wildman–Crippen LogP) is 1.86. The Labute approximate surface area is 132 Å². The number of nitrogens with zero attached hydrogens (tertiary/aromatic N) is 3. The summed E-state index contributed by atoms with van der Waals surface area (Å²) in [4.78, 5) is 4.17. The second kappa shape index (κ2) is 7.12. The number of halogens is 1. The second-order valence-electron chi connectivity index (χ2n) is 5.12. The van der Waals surface area contributed by atoms with Crippen molar-refractivity contribution in [2.45, 2.75) is 52.1 Å². The number of hydrogen-bond donors (Lipinski definition) is 2. The highest BCUT2D eigenvalue weighted by molar-refractivity contribution is 14.0. The van der Waals surface area contributed by atoms with Gasteiger partial charge in [0.2, 0.25) is 0 Å². The van der Waals surface area contributed by atoms with Crippen LogP contribution < -0.4 is 11.1 Å². The third-order valence-electron chi connectivity index (χ3n) is 3.31. The highest BCUT2D eigenvalue weighted by Gasteiger charge is 2.22. The molecule has 0 amide bonds. The molecule has 5 nitrogen and oxygen atoms in total. The van der Waals surface area contributed by atoms with Crippen LogP contribution >= 0.6 is 24.0 Å². The maximum atomic E-state index is 5.80. The molecule has 1 aromatic rings. The lowest BCUT2D eigenvalue weighted by Gasteiger charge is -2.22. The summed E-state index contributed by atoms with van der Waals surface area (Å²) in [6.07, 6.45) is 5.28. The van der Waals surface area contributed by atoms with Gasteiger partial charge in [0.15, 0.2) is 5.96 Å². The van der Waals surface area contributed by atoms with E-state index in [-0.39, 0.29) is 24.0 Å². The van der Waals surface area contributed by atoms with E-state index in [0.717, 1.165) is 25.8 Å². The summed E-state index contributed by atoms with van der Waals surface area (Å²) in [5.41, 5.74) is 8.39. The van der Waals surface area contributed by atoms with E-state index in [4.69, 9.17) is 5.73 Å². The van der Waals surface area contributed by atoms with Crippen molar-refractivity contribution in [2.75, 3.05) is 6.54 Å². The molecule has 1 atom stereocenters. The van der Waals surface area contributed by atoms with E-state index in [2.05, 4.69) is 40.1 Å². The smallest absolute Gasteiger partial charge is 0.188 e. The zero-order valence-corrected chi connectivity index (χ0v) is 14.2. The number of hydrogen-bond acceptors (Lipinski definition) is 2. The van der Waals surface area contributed by atoms with Crippen molar-refractivity contribution < 1.29 is 0 Å². The van der Waals surface area contributed by atoms with Crippen LogP contribution in [-0.2, 0) is 12.8 Å². The van der Waals surface area contributed by atoms with Crippen LogP contribution in [0.25, 0.3) is 0 Å². The van der Waals surface area contributed by atoms with Gasteiger partial charge in [0.25, 0.3) is 0 Å². The quantitative estimate of drug-likeness (QED) is 0.480. The molecule has 1 unspecified atom stereocenters. The van der Waals surface area contributed by atoms with Crippen molar-refractivity contribution in [3.05, 3.63) is 17.5 Å². The number of nitrogens with one attached hydrogen (secondary N) is 1. The van der Waals surface area contributed by atoms with E-state index >= 15 is 0 Å². The standard InChI is InChI=1S/C13H23N5.HI/c1-4-15-13(14)16-11-6-5-10-8-18(9(2)3)17-12(10)7-11;/h8-9,11H,4-7H2,1-3H3,(H3,14,15,16);1H. The van der Waals surface area contributed by atoms with Crippen molar-refractivity contribution in [1.82, 2.24) is 15.1 Å². The zero-order valence-electron chi connectivity index (χ0n) is 11.9. The number of aryl methyl sites for hydroxylation is 1. The maximum Gasteiger partial charge on any atom is 0.188 e. The minimum absolute atomic E-state index is 0. The fourth-order valence-electron chi connectivity index (χ4n) is 2.33. The number of rotatable bonds is 3. The molecule has 0 saturated heterocycles. The highest BCUT2D eigenvalue weighted by Crippen LogP contribution is 2.21. The van der Waals surface area contributed by atoms with Gasteiger partial charge in [0, 0.05) is 31.2 Å². The minimum Gasteiger partial charge on any atom is -0.370 e. The van der Waals surface area contributed by atoms with Crippen LogP contribution in [0.4, 0.5) is 0 Å². The monoisotopic (exact) mass is 377 g/mol. The summed E-state index contributed by atoms with van der Waals surface area (Å²) in [5.74, 6) is 0.550. The summed E-state index contributed by atoms with van der Waals surface area (Å²) in [5, 5.41) is 7.93. The molecule has 0 spiro atoms. The van der Waals surface area contributed by atoms with Crippen LogP contribution in [0, 0.1) is 0 Å². The number of nitrogens with two attached hydrogens (primary N) is 1. The minimum atomic E-state index is 0. The van der Waals surface area contributed by atoms with Crippen molar-refractivity contribution >= 4 is 29.9 Å². The molecule has 108 valence electrons. The Kier molecular flexibility index (Phi) is 6.09. The molecule has 1 aromatic heterocycles. The molecule has 0 radical (unpaired) electrons. The lowest BCUT2D eigenvalue weighted by Crippen LogP contribution is -2.43. The summed E-state index contributed by atoms with van der Waals surface area (Å²) < 4.78 is 2.05. The van der Waals surface area contributed by atoms with Gasteiger partial charge in [-0.3, -0.25) is 9.67 Å². The molecular weight excluding hydrogens is 353 g/mol. The van der Waals surface area contributed by atoms with Crippen molar-refractivity contribution in [3.63, 3.8) is 0 Å². The summed E-state index contributed by atoms with van der Waals surface area (Å²) in [6.45, 7) is 7.01. The third kappa shape index (κ3) is 4.09. The fourth-order valence-corrected chi connectivity index (χ4v) is 2.33. The van der Waals surface area contributed by atoms with Gasteiger partial charge in [-0.25, -0.2) is 0 Å². The van der Waals surface area contributed by atoms with Crippen LogP contribution in [0.15, 0.2) is 11.2 Å². The molecule has 19 heavy (non-hydrogen) atoms. The second-order valence-corrected chi connectivity index (χ2v) is 5.12. The zero-order chi connectivity index (χ0) is 13.1. The van der Waals surface area contributed by atoms with Gasteiger partial charge in [0.1, 0.15) is 0 Å². The topological polar surface area (TPSA) is 68.2 Å². The van der Waals surface area contributed by atoms with Crippen molar-refractivity contribution in [1.29, 1.82) is 0 Å². The van der Waals surface area contributed by atoms with Gasteiger partial charge < -0.3 is 11.1 Å². The van der Waals surface area contributed by atoms with E-state index in [1.54, 1.807) is 0 Å². The highest BCUT2D eigenvalue weighted by atomic mass is 127. The predicted molar refractivity (Wildman–Crippen MR) is 89.1 cm³/mol. The molecule has 0 aromatic carbocycles. The summed E-state index contributed by atoms with van der Waals surface area (Å²) >= 11 is 0. The van der Waals surface area contributed by atoms with Gasteiger partial charge >= 0.3 is 0 Å². The lowest BCUT2D eigenvalue weighted by molar-refractivity contribution is 0.502. The number of aromatic nitrogens is 2. The number of guanidine groups is 1.